The second-order valence-electron chi connectivity index (χ2n) is 6.60. The number of nitrogens with two attached hydrogens (primary N) is 2. The summed E-state index contributed by atoms with van der Waals surface area (Å²) in [7, 11) is 0. The van der Waals surface area contributed by atoms with Gasteiger partial charge in [0.15, 0.2) is 11.6 Å². The summed E-state index contributed by atoms with van der Waals surface area (Å²) in [5, 5.41) is 1.44. The highest BCUT2D eigenvalue weighted by molar-refractivity contribution is 6.31. The Hall–Kier alpha value is -2.82. The van der Waals surface area contributed by atoms with Crippen molar-refractivity contribution in [3.05, 3.63) is 93.0 Å². The third-order valence-corrected chi connectivity index (χ3v) is 5.50. The van der Waals surface area contributed by atoms with Gasteiger partial charge in [0.1, 0.15) is 0 Å². The van der Waals surface area contributed by atoms with Gasteiger partial charge in [-0.15, -0.1) is 0 Å². The number of anilines is 2. The minimum atomic E-state index is 0.225. The van der Waals surface area contributed by atoms with E-state index in [0.717, 1.165) is 32.8 Å². The smallest absolute Gasteiger partial charge is 0.166 e. The number of halogens is 2. The molecule has 0 saturated carbocycles. The van der Waals surface area contributed by atoms with Crippen molar-refractivity contribution in [2.75, 3.05) is 11.5 Å². The van der Waals surface area contributed by atoms with Crippen LogP contribution in [0.1, 0.15) is 22.3 Å². The predicted octanol–water partition coefficient (Wildman–Crippen LogP) is 5.28. The highest BCUT2D eigenvalue weighted by atomic mass is 35.5. The lowest BCUT2D eigenvalue weighted by molar-refractivity contribution is 1.09. The maximum absolute atomic E-state index is 6.42. The number of rotatable bonds is 4. The summed E-state index contributed by atoms with van der Waals surface area (Å²) in [6.07, 6.45) is 1.27. The van der Waals surface area contributed by atoms with Crippen molar-refractivity contribution in [2.24, 2.45) is 0 Å². The van der Waals surface area contributed by atoms with Crippen molar-refractivity contribution in [1.29, 1.82) is 0 Å². The Kier molecular flexibility index (Phi) is 5.07. The first-order chi connectivity index (χ1) is 13.5. The number of nitrogen functional groups attached to an aromatic ring is 2. The maximum atomic E-state index is 6.42. The molecule has 28 heavy (non-hydrogen) atoms. The van der Waals surface area contributed by atoms with E-state index >= 15 is 0 Å². The Morgan fingerprint density at radius 2 is 1.21 bits per heavy atom. The number of nitrogens with zero attached hydrogens (tertiary/aromatic N) is 2. The number of aromatic nitrogens is 2. The van der Waals surface area contributed by atoms with Crippen molar-refractivity contribution < 1.29 is 0 Å². The van der Waals surface area contributed by atoms with Crippen LogP contribution in [0.2, 0.25) is 10.0 Å². The van der Waals surface area contributed by atoms with Crippen LogP contribution >= 0.6 is 23.2 Å². The molecule has 0 saturated heterocycles. The van der Waals surface area contributed by atoms with E-state index in [1.807, 2.05) is 60.7 Å². The van der Waals surface area contributed by atoms with Crippen LogP contribution < -0.4 is 11.5 Å². The molecule has 1 heterocycles. The number of benzene rings is 3. The molecule has 0 unspecified atom stereocenters. The van der Waals surface area contributed by atoms with Crippen LogP contribution in [0.25, 0.3) is 11.0 Å². The van der Waals surface area contributed by atoms with Crippen LogP contribution in [0, 0.1) is 0 Å². The van der Waals surface area contributed by atoms with E-state index in [-0.39, 0.29) is 11.6 Å². The van der Waals surface area contributed by atoms with Crippen LogP contribution in [0.5, 0.6) is 0 Å². The molecule has 6 heteroatoms. The van der Waals surface area contributed by atoms with Crippen LogP contribution in [0.3, 0.4) is 0 Å². The van der Waals surface area contributed by atoms with Crippen LogP contribution in [0.15, 0.2) is 60.7 Å². The Balaban J connectivity index is 1.90. The standard InChI is InChI=1S/C22H18Cl2N4/c23-17-7-3-1-5-14(17)11-13-9-10-19-20(28-22(26)21(25)27-19)16(13)12-15-6-2-4-8-18(15)24/h1-10H,11-12H2,(H2,25,27)(H2,26,28). The van der Waals surface area contributed by atoms with Gasteiger partial charge in [0.05, 0.1) is 11.0 Å². The van der Waals surface area contributed by atoms with E-state index in [9.17, 15) is 0 Å². The van der Waals surface area contributed by atoms with Gasteiger partial charge in [0.2, 0.25) is 0 Å². The van der Waals surface area contributed by atoms with Crippen molar-refractivity contribution in [3.63, 3.8) is 0 Å². The van der Waals surface area contributed by atoms with Gasteiger partial charge in [-0.05, 0) is 46.9 Å². The first kappa shape index (κ1) is 18.5. The summed E-state index contributed by atoms with van der Waals surface area (Å²) < 4.78 is 0. The summed E-state index contributed by atoms with van der Waals surface area (Å²) in [4.78, 5) is 8.94. The monoisotopic (exact) mass is 408 g/mol. The Bertz CT molecular complexity index is 1170. The van der Waals surface area contributed by atoms with Crippen LogP contribution in [-0.2, 0) is 12.8 Å². The zero-order valence-corrected chi connectivity index (χ0v) is 16.5. The Morgan fingerprint density at radius 1 is 0.643 bits per heavy atom. The maximum Gasteiger partial charge on any atom is 0.166 e. The summed E-state index contributed by atoms with van der Waals surface area (Å²) >= 11 is 12.8. The van der Waals surface area contributed by atoms with Gasteiger partial charge in [0.25, 0.3) is 0 Å². The Morgan fingerprint density at radius 3 is 1.86 bits per heavy atom. The average molecular weight is 409 g/mol. The number of hydrogen-bond donors (Lipinski definition) is 2. The molecule has 4 rings (SSSR count). The minimum Gasteiger partial charge on any atom is -0.381 e. The lowest BCUT2D eigenvalue weighted by Crippen LogP contribution is -2.06. The van der Waals surface area contributed by atoms with E-state index in [1.165, 1.54) is 0 Å². The lowest BCUT2D eigenvalue weighted by atomic mass is 9.93. The quantitative estimate of drug-likeness (QED) is 0.481. The highest BCUT2D eigenvalue weighted by Crippen LogP contribution is 2.30. The highest BCUT2D eigenvalue weighted by Gasteiger charge is 2.15. The van der Waals surface area contributed by atoms with Crippen molar-refractivity contribution in [1.82, 2.24) is 9.97 Å². The zero-order chi connectivity index (χ0) is 19.7. The van der Waals surface area contributed by atoms with Crippen molar-refractivity contribution in [3.8, 4) is 0 Å². The van der Waals surface area contributed by atoms with E-state index in [2.05, 4.69) is 9.97 Å². The third-order valence-electron chi connectivity index (χ3n) is 4.76. The molecular weight excluding hydrogens is 391 g/mol. The number of hydrogen-bond acceptors (Lipinski definition) is 4. The van der Waals surface area contributed by atoms with Crippen LogP contribution in [0.4, 0.5) is 11.6 Å². The second-order valence-corrected chi connectivity index (χ2v) is 7.42. The second kappa shape index (κ2) is 7.66. The summed E-state index contributed by atoms with van der Waals surface area (Å²) in [6.45, 7) is 0. The van der Waals surface area contributed by atoms with Gasteiger partial charge in [-0.2, -0.15) is 0 Å². The number of fused-ring (bicyclic) bond motifs is 1. The largest absolute Gasteiger partial charge is 0.381 e. The third kappa shape index (κ3) is 3.61. The fourth-order valence-electron chi connectivity index (χ4n) is 3.29. The first-order valence-electron chi connectivity index (χ1n) is 8.83. The fourth-order valence-corrected chi connectivity index (χ4v) is 3.69. The van der Waals surface area contributed by atoms with Gasteiger partial charge in [0, 0.05) is 16.5 Å². The molecular formula is C22H18Cl2N4. The summed E-state index contributed by atoms with van der Waals surface area (Å²) in [5.74, 6) is 0.456. The molecule has 140 valence electrons. The molecule has 0 aliphatic heterocycles. The van der Waals surface area contributed by atoms with Gasteiger partial charge in [-0.25, -0.2) is 9.97 Å². The molecule has 0 fully saturated rings. The van der Waals surface area contributed by atoms with E-state index < -0.39 is 0 Å². The first-order valence-corrected chi connectivity index (χ1v) is 9.59. The van der Waals surface area contributed by atoms with Gasteiger partial charge < -0.3 is 11.5 Å². The van der Waals surface area contributed by atoms with Crippen molar-refractivity contribution in [2.45, 2.75) is 12.8 Å². The molecule has 0 aliphatic carbocycles. The topological polar surface area (TPSA) is 77.8 Å². The molecule has 0 bridgehead atoms. The molecule has 0 spiro atoms. The molecule has 0 atom stereocenters. The normalized spacial score (nSPS) is 11.1. The predicted molar refractivity (Wildman–Crippen MR) is 117 cm³/mol. The SMILES string of the molecule is Nc1nc2ccc(Cc3ccccc3Cl)c(Cc3ccccc3Cl)c2nc1N. The summed E-state index contributed by atoms with van der Waals surface area (Å²) in [5.41, 5.74) is 17.4. The Labute approximate surface area is 173 Å². The van der Waals surface area contributed by atoms with E-state index in [4.69, 9.17) is 34.7 Å². The van der Waals surface area contributed by atoms with Gasteiger partial charge in [-0.1, -0.05) is 65.7 Å². The molecule has 4 aromatic rings. The molecule has 4 N–H and O–H groups in total. The molecule has 0 radical (unpaired) electrons. The zero-order valence-electron chi connectivity index (χ0n) is 15.0. The molecule has 0 amide bonds. The minimum absolute atomic E-state index is 0.225. The fraction of sp³-hybridized carbons (Fsp3) is 0.0909. The lowest BCUT2D eigenvalue weighted by Gasteiger charge is -2.15. The van der Waals surface area contributed by atoms with E-state index in [0.29, 0.717) is 23.4 Å². The van der Waals surface area contributed by atoms with Gasteiger partial charge >= 0.3 is 0 Å². The van der Waals surface area contributed by atoms with Crippen molar-refractivity contribution >= 4 is 45.9 Å². The molecule has 1 aromatic heterocycles. The average Bonchev–Trinajstić information content (AvgIpc) is 2.68. The van der Waals surface area contributed by atoms with Crippen LogP contribution in [-0.4, -0.2) is 9.97 Å². The summed E-state index contributed by atoms with van der Waals surface area (Å²) in [6, 6.07) is 19.6. The van der Waals surface area contributed by atoms with E-state index in [1.54, 1.807) is 0 Å². The van der Waals surface area contributed by atoms with Gasteiger partial charge in [-0.3, -0.25) is 0 Å². The molecule has 0 aliphatic rings. The molecule has 4 nitrogen and oxygen atoms in total. The molecule has 3 aromatic carbocycles.